The van der Waals surface area contributed by atoms with Crippen molar-refractivity contribution in [1.29, 1.82) is 0 Å². The van der Waals surface area contributed by atoms with Gasteiger partial charge in [-0.2, -0.15) is 4.31 Å². The van der Waals surface area contributed by atoms with Gasteiger partial charge in [0.25, 0.3) is 0 Å². The fourth-order valence-electron chi connectivity index (χ4n) is 4.80. The summed E-state index contributed by atoms with van der Waals surface area (Å²) < 4.78 is 28.4. The molecule has 2 aliphatic heterocycles. The van der Waals surface area contributed by atoms with Gasteiger partial charge in [-0.15, -0.1) is 0 Å². The fourth-order valence-corrected chi connectivity index (χ4v) is 6.33. The molecule has 2 atom stereocenters. The molecule has 0 aromatic heterocycles. The van der Waals surface area contributed by atoms with Crippen LogP contribution in [-0.4, -0.2) is 87.3 Å². The third-order valence-electron chi connectivity index (χ3n) is 6.28. The zero-order valence-corrected chi connectivity index (χ0v) is 20.0. The number of aryl methyl sites for hydroxylation is 1. The van der Waals surface area contributed by atoms with Crippen molar-refractivity contribution in [3.05, 3.63) is 29.8 Å². The van der Waals surface area contributed by atoms with Gasteiger partial charge < -0.3 is 15.1 Å². The van der Waals surface area contributed by atoms with Gasteiger partial charge in [-0.05, 0) is 42.9 Å². The van der Waals surface area contributed by atoms with E-state index in [0.717, 1.165) is 31.7 Å². The van der Waals surface area contributed by atoms with E-state index >= 15 is 0 Å². The van der Waals surface area contributed by atoms with Crippen LogP contribution in [0.1, 0.15) is 32.3 Å². The maximum Gasteiger partial charge on any atom is 0.243 e. The van der Waals surface area contributed by atoms with Gasteiger partial charge in [0, 0.05) is 65.3 Å². The van der Waals surface area contributed by atoms with Crippen molar-refractivity contribution in [2.45, 2.75) is 38.5 Å². The smallest absolute Gasteiger partial charge is 0.243 e. The molecular formula is C23H38N4O3S. The number of piperidine rings is 1. The van der Waals surface area contributed by atoms with Crippen LogP contribution in [0.25, 0.3) is 0 Å². The third-order valence-corrected chi connectivity index (χ3v) is 8.18. The maximum atomic E-state index is 13.4. The minimum Gasteiger partial charge on any atom is -0.340 e. The van der Waals surface area contributed by atoms with Crippen molar-refractivity contribution in [3.63, 3.8) is 0 Å². The summed E-state index contributed by atoms with van der Waals surface area (Å²) in [5, 5.41) is 3.24. The van der Waals surface area contributed by atoms with Gasteiger partial charge in [0.05, 0.1) is 4.90 Å². The van der Waals surface area contributed by atoms with E-state index in [9.17, 15) is 13.2 Å². The first kappa shape index (κ1) is 24.2. The first-order valence-corrected chi connectivity index (χ1v) is 13.0. The fraction of sp³-hybridized carbons (Fsp3) is 0.696. The highest BCUT2D eigenvalue weighted by atomic mass is 32.2. The quantitative estimate of drug-likeness (QED) is 0.654. The van der Waals surface area contributed by atoms with Crippen LogP contribution in [0.4, 0.5) is 0 Å². The number of carbonyl (C=O) groups excluding carboxylic acids is 1. The Morgan fingerprint density at radius 3 is 2.45 bits per heavy atom. The second kappa shape index (κ2) is 10.9. The van der Waals surface area contributed by atoms with Crippen molar-refractivity contribution >= 4 is 15.9 Å². The van der Waals surface area contributed by atoms with Gasteiger partial charge in [0.1, 0.15) is 0 Å². The number of rotatable bonds is 8. The Morgan fingerprint density at radius 1 is 1.13 bits per heavy atom. The Balaban J connectivity index is 1.70. The Bertz CT molecular complexity index is 829. The van der Waals surface area contributed by atoms with E-state index in [1.807, 2.05) is 17.9 Å². The molecule has 1 aromatic carbocycles. The lowest BCUT2D eigenvalue weighted by atomic mass is 9.92. The van der Waals surface area contributed by atoms with E-state index in [0.29, 0.717) is 42.9 Å². The predicted molar refractivity (Wildman–Crippen MR) is 123 cm³/mol. The predicted octanol–water partition coefficient (Wildman–Crippen LogP) is 1.79. The molecule has 8 heteroatoms. The zero-order valence-electron chi connectivity index (χ0n) is 19.2. The van der Waals surface area contributed by atoms with E-state index in [4.69, 9.17) is 0 Å². The molecule has 0 spiro atoms. The van der Waals surface area contributed by atoms with Crippen molar-refractivity contribution in [2.24, 2.45) is 11.8 Å². The zero-order chi connectivity index (χ0) is 22.4. The second-order valence-electron chi connectivity index (χ2n) is 9.31. The van der Waals surface area contributed by atoms with Gasteiger partial charge in [0.2, 0.25) is 15.9 Å². The number of carbonyl (C=O) groups is 1. The van der Waals surface area contributed by atoms with Crippen molar-refractivity contribution in [1.82, 2.24) is 19.4 Å². The van der Waals surface area contributed by atoms with Gasteiger partial charge in [0.15, 0.2) is 0 Å². The van der Waals surface area contributed by atoms with Gasteiger partial charge >= 0.3 is 0 Å². The van der Waals surface area contributed by atoms with Gasteiger partial charge in [-0.25, -0.2) is 8.42 Å². The molecule has 0 aliphatic carbocycles. The number of piperazine rings is 1. The lowest BCUT2D eigenvalue weighted by Crippen LogP contribution is -2.48. The summed E-state index contributed by atoms with van der Waals surface area (Å²) >= 11 is 0. The van der Waals surface area contributed by atoms with Gasteiger partial charge in [-0.1, -0.05) is 26.0 Å². The summed E-state index contributed by atoms with van der Waals surface area (Å²) in [4.78, 5) is 17.2. The highest BCUT2D eigenvalue weighted by molar-refractivity contribution is 7.89. The summed E-state index contributed by atoms with van der Waals surface area (Å²) in [7, 11) is -3.65. The van der Waals surface area contributed by atoms with E-state index in [2.05, 4.69) is 24.1 Å². The maximum absolute atomic E-state index is 13.4. The van der Waals surface area contributed by atoms with E-state index in [1.165, 1.54) is 10.7 Å². The molecule has 0 radical (unpaired) electrons. The summed E-state index contributed by atoms with van der Waals surface area (Å²) in [6.07, 6.45) is 1.44. The van der Waals surface area contributed by atoms with E-state index in [-0.39, 0.29) is 18.9 Å². The standard InChI is InChI=1S/C23H38N4O3S/c1-19-5-4-6-22(16-19)31(29,30)27(10-7-23(28)26-11-8-24-9-12-26)14-13-25-17-20(2)15-21(3)18-25/h4-6,16,20-21,24H,7-15,17-18H2,1-3H3/t20-,21+. The van der Waals surface area contributed by atoms with Crippen LogP contribution in [-0.2, 0) is 14.8 Å². The van der Waals surface area contributed by atoms with Crippen LogP contribution in [0.2, 0.25) is 0 Å². The highest BCUT2D eigenvalue weighted by Gasteiger charge is 2.28. The van der Waals surface area contributed by atoms with Crippen molar-refractivity contribution in [3.8, 4) is 0 Å². The molecule has 0 unspecified atom stereocenters. The molecule has 31 heavy (non-hydrogen) atoms. The molecule has 7 nitrogen and oxygen atoms in total. The Hall–Kier alpha value is -1.48. The van der Waals surface area contributed by atoms with E-state index < -0.39 is 10.0 Å². The topological polar surface area (TPSA) is 73.0 Å². The highest BCUT2D eigenvalue weighted by Crippen LogP contribution is 2.22. The second-order valence-corrected chi connectivity index (χ2v) is 11.2. The molecule has 0 bridgehead atoms. The molecule has 3 rings (SSSR count). The molecule has 1 N–H and O–H groups in total. The first-order valence-electron chi connectivity index (χ1n) is 11.5. The number of amides is 1. The van der Waals surface area contributed by atoms with Crippen LogP contribution in [0.5, 0.6) is 0 Å². The Kier molecular flexibility index (Phi) is 8.50. The Morgan fingerprint density at radius 2 is 1.81 bits per heavy atom. The summed E-state index contributed by atoms with van der Waals surface area (Å²) in [5.74, 6) is 1.28. The number of nitrogens with zero attached hydrogens (tertiary/aromatic N) is 3. The van der Waals surface area contributed by atoms with Crippen LogP contribution in [0, 0.1) is 18.8 Å². The molecule has 1 amide bonds. The molecule has 2 fully saturated rings. The van der Waals surface area contributed by atoms with Crippen LogP contribution < -0.4 is 5.32 Å². The molecule has 2 aliphatic rings. The minimum atomic E-state index is -3.65. The summed E-state index contributed by atoms with van der Waals surface area (Å²) in [6.45, 7) is 12.7. The number of likely N-dealkylation sites (tertiary alicyclic amines) is 1. The summed E-state index contributed by atoms with van der Waals surface area (Å²) in [5.41, 5.74) is 0.914. The SMILES string of the molecule is Cc1cccc(S(=O)(=O)N(CCC(=O)N2CCNCC2)CCN2C[C@H](C)C[C@H](C)C2)c1. The third kappa shape index (κ3) is 6.75. The Labute approximate surface area is 187 Å². The first-order chi connectivity index (χ1) is 14.8. The molecule has 0 saturated carbocycles. The number of hydrogen-bond acceptors (Lipinski definition) is 5. The molecule has 2 heterocycles. The molecule has 1 aromatic rings. The van der Waals surface area contributed by atoms with Crippen LogP contribution in [0.3, 0.4) is 0 Å². The normalized spacial score (nSPS) is 23.3. The average molecular weight is 451 g/mol. The van der Waals surface area contributed by atoms with Crippen molar-refractivity contribution < 1.29 is 13.2 Å². The van der Waals surface area contributed by atoms with Gasteiger partial charge in [-0.3, -0.25) is 4.79 Å². The average Bonchev–Trinajstić information content (AvgIpc) is 2.73. The lowest BCUT2D eigenvalue weighted by molar-refractivity contribution is -0.131. The minimum absolute atomic E-state index is 0.0335. The molecule has 2 saturated heterocycles. The number of sulfonamides is 1. The number of nitrogens with one attached hydrogen (secondary N) is 1. The number of hydrogen-bond donors (Lipinski definition) is 1. The van der Waals surface area contributed by atoms with Crippen LogP contribution >= 0.6 is 0 Å². The van der Waals surface area contributed by atoms with E-state index in [1.54, 1.807) is 18.2 Å². The number of benzene rings is 1. The summed E-state index contributed by atoms with van der Waals surface area (Å²) in [6, 6.07) is 7.04. The largest absolute Gasteiger partial charge is 0.340 e. The monoisotopic (exact) mass is 450 g/mol. The van der Waals surface area contributed by atoms with Crippen LogP contribution in [0.15, 0.2) is 29.2 Å². The van der Waals surface area contributed by atoms with Crippen molar-refractivity contribution in [2.75, 3.05) is 58.9 Å². The lowest BCUT2D eigenvalue weighted by Gasteiger charge is -2.36. The molecular weight excluding hydrogens is 412 g/mol. The molecule has 174 valence electrons.